The summed E-state index contributed by atoms with van der Waals surface area (Å²) in [7, 11) is 0. The van der Waals surface area contributed by atoms with E-state index in [1.54, 1.807) is 6.26 Å². The monoisotopic (exact) mass is 367 g/mol. The summed E-state index contributed by atoms with van der Waals surface area (Å²) in [6.07, 6.45) is 1.65. The summed E-state index contributed by atoms with van der Waals surface area (Å²) in [6.45, 7) is -0.706. The molecule has 0 unspecified atom stereocenters. The third-order valence-electron chi connectivity index (χ3n) is 3.19. The Labute approximate surface area is 144 Å². The number of carbonyl (C=O) groups excluding carboxylic acids is 2. The molecular weight excluding hydrogens is 356 g/mol. The van der Waals surface area contributed by atoms with E-state index >= 15 is 0 Å². The Bertz CT molecular complexity index is 856. The van der Waals surface area contributed by atoms with Crippen LogP contribution in [0, 0.1) is 21.7 Å². The number of hydrogen-bond donors (Lipinski definition) is 0. The van der Waals surface area contributed by atoms with Crippen LogP contribution in [0.4, 0.5) is 14.5 Å². The van der Waals surface area contributed by atoms with Gasteiger partial charge >= 0.3 is 5.97 Å². The molecule has 0 atom stereocenters. The quantitative estimate of drug-likeness (QED) is 0.255. The highest BCUT2D eigenvalue weighted by molar-refractivity contribution is 7.98. The summed E-state index contributed by atoms with van der Waals surface area (Å²) in [6, 6.07) is 6.33. The SMILES string of the molecule is CSc1ccc(C(=O)OCC(=O)c2ccc(F)c(F)c2)cc1[N+](=O)[O-]. The van der Waals surface area contributed by atoms with E-state index in [4.69, 9.17) is 4.74 Å². The van der Waals surface area contributed by atoms with E-state index in [-0.39, 0.29) is 16.8 Å². The number of carbonyl (C=O) groups is 2. The Kier molecular flexibility index (Phi) is 5.81. The molecule has 0 heterocycles. The minimum atomic E-state index is -1.19. The molecule has 0 bridgehead atoms. The van der Waals surface area contributed by atoms with E-state index < -0.39 is 34.9 Å². The van der Waals surface area contributed by atoms with Gasteiger partial charge in [-0.3, -0.25) is 14.9 Å². The average molecular weight is 367 g/mol. The number of benzene rings is 2. The first-order chi connectivity index (χ1) is 11.8. The molecule has 0 aromatic heterocycles. The lowest BCUT2D eigenvalue weighted by Gasteiger charge is -2.06. The van der Waals surface area contributed by atoms with Crippen molar-refractivity contribution in [3.8, 4) is 0 Å². The molecule has 130 valence electrons. The van der Waals surface area contributed by atoms with Crippen molar-refractivity contribution in [2.75, 3.05) is 12.9 Å². The Morgan fingerprint density at radius 1 is 1.12 bits per heavy atom. The molecule has 9 heteroatoms. The van der Waals surface area contributed by atoms with E-state index in [9.17, 15) is 28.5 Å². The number of nitrogens with zero attached hydrogens (tertiary/aromatic N) is 1. The second kappa shape index (κ2) is 7.84. The number of nitro benzene ring substituents is 1. The molecule has 2 aromatic carbocycles. The predicted octanol–water partition coefficient (Wildman–Crippen LogP) is 3.63. The van der Waals surface area contributed by atoms with Crippen molar-refractivity contribution in [2.45, 2.75) is 4.90 Å². The first-order valence-corrected chi connectivity index (χ1v) is 8.03. The highest BCUT2D eigenvalue weighted by Crippen LogP contribution is 2.28. The standard InChI is InChI=1S/C16H11F2NO5S/c1-25-15-5-3-10(7-13(15)19(22)23)16(21)24-8-14(20)9-2-4-11(17)12(18)6-9/h2-7H,8H2,1H3. The number of thioether (sulfide) groups is 1. The van der Waals surface area contributed by atoms with Gasteiger partial charge in [0.05, 0.1) is 15.4 Å². The fourth-order valence-electron chi connectivity index (χ4n) is 1.93. The Morgan fingerprint density at radius 2 is 1.80 bits per heavy atom. The van der Waals surface area contributed by atoms with Crippen LogP contribution >= 0.6 is 11.8 Å². The van der Waals surface area contributed by atoms with E-state index in [1.807, 2.05) is 0 Å². The van der Waals surface area contributed by atoms with Crippen LogP contribution in [0.25, 0.3) is 0 Å². The Hall–Kier alpha value is -2.81. The molecule has 2 aromatic rings. The van der Waals surface area contributed by atoms with Gasteiger partial charge in [-0.15, -0.1) is 11.8 Å². The molecule has 0 aliphatic rings. The Balaban J connectivity index is 2.09. The number of Topliss-reactive ketones (excluding diaryl/α,β-unsaturated/α-hetero) is 1. The average Bonchev–Trinajstić information content (AvgIpc) is 2.60. The van der Waals surface area contributed by atoms with Crippen LogP contribution in [-0.4, -0.2) is 29.5 Å². The molecule has 0 amide bonds. The summed E-state index contributed by atoms with van der Waals surface area (Å²) in [5.74, 6) is -3.97. The zero-order valence-corrected chi connectivity index (χ0v) is 13.6. The van der Waals surface area contributed by atoms with Crippen molar-refractivity contribution in [3.63, 3.8) is 0 Å². The van der Waals surface area contributed by atoms with Gasteiger partial charge in [0, 0.05) is 11.6 Å². The number of ketones is 1. The molecule has 25 heavy (non-hydrogen) atoms. The molecule has 0 saturated heterocycles. The number of esters is 1. The summed E-state index contributed by atoms with van der Waals surface area (Å²) >= 11 is 1.15. The highest BCUT2D eigenvalue weighted by atomic mass is 32.2. The molecule has 0 aliphatic heterocycles. The maximum absolute atomic E-state index is 13.1. The number of rotatable bonds is 6. The van der Waals surface area contributed by atoms with Crippen LogP contribution in [0.5, 0.6) is 0 Å². The van der Waals surface area contributed by atoms with Gasteiger partial charge in [0.15, 0.2) is 24.0 Å². The lowest BCUT2D eigenvalue weighted by atomic mass is 10.1. The van der Waals surface area contributed by atoms with Crippen molar-refractivity contribution in [3.05, 3.63) is 69.3 Å². The molecule has 0 aliphatic carbocycles. The van der Waals surface area contributed by atoms with Gasteiger partial charge in [-0.1, -0.05) is 0 Å². The number of nitro groups is 1. The largest absolute Gasteiger partial charge is 0.454 e. The van der Waals surface area contributed by atoms with Gasteiger partial charge in [0.1, 0.15) is 0 Å². The molecule has 2 rings (SSSR count). The molecular formula is C16H11F2NO5S. The van der Waals surface area contributed by atoms with Crippen LogP contribution in [0.15, 0.2) is 41.3 Å². The van der Waals surface area contributed by atoms with E-state index in [0.29, 0.717) is 11.0 Å². The normalized spacial score (nSPS) is 10.4. The second-order valence-corrected chi connectivity index (χ2v) is 5.62. The van der Waals surface area contributed by atoms with Gasteiger partial charge in [-0.25, -0.2) is 13.6 Å². The van der Waals surface area contributed by atoms with Crippen molar-refractivity contribution in [2.24, 2.45) is 0 Å². The molecule has 6 nitrogen and oxygen atoms in total. The summed E-state index contributed by atoms with van der Waals surface area (Å²) in [4.78, 5) is 34.5. The van der Waals surface area contributed by atoms with Crippen LogP contribution in [0.3, 0.4) is 0 Å². The lowest BCUT2D eigenvalue weighted by molar-refractivity contribution is -0.387. The minimum Gasteiger partial charge on any atom is -0.454 e. The van der Waals surface area contributed by atoms with Gasteiger partial charge in [-0.05, 0) is 36.6 Å². The van der Waals surface area contributed by atoms with Crippen molar-refractivity contribution in [1.29, 1.82) is 0 Å². The lowest BCUT2D eigenvalue weighted by Crippen LogP contribution is -2.15. The fraction of sp³-hybridized carbons (Fsp3) is 0.125. The van der Waals surface area contributed by atoms with Gasteiger partial charge < -0.3 is 4.74 Å². The molecule has 0 saturated carbocycles. The third-order valence-corrected chi connectivity index (χ3v) is 3.97. The van der Waals surface area contributed by atoms with Crippen LogP contribution in [0.2, 0.25) is 0 Å². The first kappa shape index (κ1) is 18.5. The molecule has 0 spiro atoms. The van der Waals surface area contributed by atoms with Crippen LogP contribution in [0.1, 0.15) is 20.7 Å². The summed E-state index contributed by atoms with van der Waals surface area (Å²) < 4.78 is 30.7. The van der Waals surface area contributed by atoms with Crippen molar-refractivity contribution in [1.82, 2.24) is 0 Å². The van der Waals surface area contributed by atoms with Gasteiger partial charge in [0.2, 0.25) is 0 Å². The molecule has 0 N–H and O–H groups in total. The van der Waals surface area contributed by atoms with Crippen LogP contribution in [-0.2, 0) is 4.74 Å². The highest BCUT2D eigenvalue weighted by Gasteiger charge is 2.19. The summed E-state index contributed by atoms with van der Waals surface area (Å²) in [5, 5.41) is 11.0. The van der Waals surface area contributed by atoms with Crippen molar-refractivity contribution >= 4 is 29.2 Å². The van der Waals surface area contributed by atoms with E-state index in [1.165, 1.54) is 12.1 Å². The number of halogens is 2. The molecule has 0 radical (unpaired) electrons. The maximum Gasteiger partial charge on any atom is 0.338 e. The first-order valence-electron chi connectivity index (χ1n) is 6.81. The van der Waals surface area contributed by atoms with Crippen molar-refractivity contribution < 1.29 is 28.0 Å². The second-order valence-electron chi connectivity index (χ2n) is 4.77. The van der Waals surface area contributed by atoms with Gasteiger partial charge in [-0.2, -0.15) is 0 Å². The fourth-order valence-corrected chi connectivity index (χ4v) is 2.47. The number of ether oxygens (including phenoxy) is 1. The molecule has 0 fully saturated rings. The van der Waals surface area contributed by atoms with Gasteiger partial charge in [0.25, 0.3) is 5.69 Å². The van der Waals surface area contributed by atoms with Crippen LogP contribution < -0.4 is 0 Å². The van der Waals surface area contributed by atoms with E-state index in [2.05, 4.69) is 0 Å². The predicted molar refractivity (Wildman–Crippen MR) is 85.8 cm³/mol. The van der Waals surface area contributed by atoms with E-state index in [0.717, 1.165) is 30.0 Å². The third kappa shape index (κ3) is 4.38. The minimum absolute atomic E-state index is 0.0948. The number of hydrogen-bond acceptors (Lipinski definition) is 6. The zero-order valence-electron chi connectivity index (χ0n) is 12.8. The topological polar surface area (TPSA) is 86.5 Å². The zero-order chi connectivity index (χ0) is 18.6. The summed E-state index contributed by atoms with van der Waals surface area (Å²) in [5.41, 5.74) is -0.508. The Morgan fingerprint density at radius 3 is 2.40 bits per heavy atom. The smallest absolute Gasteiger partial charge is 0.338 e. The maximum atomic E-state index is 13.1.